The number of carbonyl (C=O) groups excluding carboxylic acids is 1. The summed E-state index contributed by atoms with van der Waals surface area (Å²) in [6.07, 6.45) is -0.507. The lowest BCUT2D eigenvalue weighted by Gasteiger charge is -2.34. The number of nitrogens with zero attached hydrogens (tertiary/aromatic N) is 2. The van der Waals surface area contributed by atoms with Gasteiger partial charge in [0, 0.05) is 26.2 Å². The van der Waals surface area contributed by atoms with E-state index < -0.39 is 33.4 Å². The summed E-state index contributed by atoms with van der Waals surface area (Å²) in [5.74, 6) is -2.33. The molecule has 1 heterocycles. The second-order valence-corrected chi connectivity index (χ2v) is 8.39. The van der Waals surface area contributed by atoms with Crippen LogP contribution in [0.3, 0.4) is 0 Å². The number of hydrogen-bond acceptors (Lipinski definition) is 4. The molecule has 2 rings (SSSR count). The summed E-state index contributed by atoms with van der Waals surface area (Å²) in [7, 11) is -3.94. The SMILES string of the molecule is CC(C)(C)OC(=O)N1CCN(S(=O)(=O)c2ccc(F)c(F)c2)CC1. The molecule has 1 fully saturated rings. The van der Waals surface area contributed by atoms with Crippen LogP contribution in [0.15, 0.2) is 23.1 Å². The highest BCUT2D eigenvalue weighted by Gasteiger charge is 2.32. The Kier molecular flexibility index (Phi) is 5.14. The van der Waals surface area contributed by atoms with Crippen molar-refractivity contribution in [2.75, 3.05) is 26.2 Å². The second kappa shape index (κ2) is 6.64. The summed E-state index contributed by atoms with van der Waals surface area (Å²) in [4.78, 5) is 13.1. The zero-order chi connectivity index (χ0) is 18.1. The Morgan fingerprint density at radius 1 is 1.08 bits per heavy atom. The van der Waals surface area contributed by atoms with Gasteiger partial charge in [-0.2, -0.15) is 4.31 Å². The molecule has 9 heteroatoms. The summed E-state index contributed by atoms with van der Waals surface area (Å²) in [5, 5.41) is 0. The highest BCUT2D eigenvalue weighted by molar-refractivity contribution is 7.89. The molecule has 134 valence electrons. The van der Waals surface area contributed by atoms with E-state index in [1.807, 2.05) is 0 Å². The Bertz CT molecular complexity index is 723. The number of ether oxygens (including phenoxy) is 1. The first kappa shape index (κ1) is 18.6. The van der Waals surface area contributed by atoms with Crippen LogP contribution < -0.4 is 0 Å². The van der Waals surface area contributed by atoms with Crippen molar-refractivity contribution >= 4 is 16.1 Å². The van der Waals surface area contributed by atoms with Crippen LogP contribution in [-0.4, -0.2) is 55.5 Å². The molecular weight excluding hydrogens is 342 g/mol. The van der Waals surface area contributed by atoms with Crippen molar-refractivity contribution in [1.29, 1.82) is 0 Å². The standard InChI is InChI=1S/C15H20F2N2O4S/c1-15(2,3)23-14(20)18-6-8-19(9-7-18)24(21,22)11-4-5-12(16)13(17)10-11/h4-5,10H,6-9H2,1-3H3. The molecule has 6 nitrogen and oxygen atoms in total. The molecule has 0 aliphatic carbocycles. The van der Waals surface area contributed by atoms with E-state index in [9.17, 15) is 22.0 Å². The van der Waals surface area contributed by atoms with Gasteiger partial charge in [0.1, 0.15) is 5.60 Å². The van der Waals surface area contributed by atoms with E-state index in [-0.39, 0.29) is 31.1 Å². The van der Waals surface area contributed by atoms with E-state index in [1.165, 1.54) is 4.90 Å². The van der Waals surface area contributed by atoms with Crippen LogP contribution in [0, 0.1) is 11.6 Å². The van der Waals surface area contributed by atoms with Gasteiger partial charge in [-0.25, -0.2) is 22.0 Å². The largest absolute Gasteiger partial charge is 0.444 e. The Hall–Kier alpha value is -1.74. The Morgan fingerprint density at radius 3 is 2.17 bits per heavy atom. The third-order valence-electron chi connectivity index (χ3n) is 3.42. The normalized spacial score (nSPS) is 17.0. The minimum Gasteiger partial charge on any atom is -0.444 e. The summed E-state index contributed by atoms with van der Waals surface area (Å²) in [6.45, 7) is 5.68. The summed E-state index contributed by atoms with van der Waals surface area (Å²) >= 11 is 0. The van der Waals surface area contributed by atoms with Gasteiger partial charge >= 0.3 is 6.09 Å². The summed E-state index contributed by atoms with van der Waals surface area (Å²) in [5.41, 5.74) is -0.633. The predicted octanol–water partition coefficient (Wildman–Crippen LogP) is 2.21. The number of piperazine rings is 1. The molecule has 24 heavy (non-hydrogen) atoms. The molecule has 1 amide bonds. The molecule has 0 radical (unpaired) electrons. The molecular formula is C15H20F2N2O4S. The van der Waals surface area contributed by atoms with Crippen molar-refractivity contribution in [3.63, 3.8) is 0 Å². The highest BCUT2D eigenvalue weighted by atomic mass is 32.2. The average Bonchev–Trinajstić information content (AvgIpc) is 2.48. The van der Waals surface area contributed by atoms with E-state index in [0.717, 1.165) is 16.4 Å². The minimum atomic E-state index is -3.94. The average molecular weight is 362 g/mol. The number of benzene rings is 1. The van der Waals surface area contributed by atoms with Gasteiger partial charge < -0.3 is 9.64 Å². The van der Waals surface area contributed by atoms with Crippen LogP contribution in [0.5, 0.6) is 0 Å². The van der Waals surface area contributed by atoms with Crippen LogP contribution in [0.25, 0.3) is 0 Å². The van der Waals surface area contributed by atoms with E-state index in [4.69, 9.17) is 4.74 Å². The number of carbonyl (C=O) groups is 1. The summed E-state index contributed by atoms with van der Waals surface area (Å²) < 4.78 is 57.5. The van der Waals surface area contributed by atoms with Crippen molar-refractivity contribution in [2.24, 2.45) is 0 Å². The van der Waals surface area contributed by atoms with Gasteiger partial charge in [-0.3, -0.25) is 0 Å². The van der Waals surface area contributed by atoms with Gasteiger partial charge in [-0.05, 0) is 39.0 Å². The lowest BCUT2D eigenvalue weighted by Crippen LogP contribution is -2.51. The lowest BCUT2D eigenvalue weighted by atomic mass is 10.2. The predicted molar refractivity (Wildman–Crippen MR) is 82.9 cm³/mol. The fourth-order valence-electron chi connectivity index (χ4n) is 2.22. The molecule has 0 atom stereocenters. The quantitative estimate of drug-likeness (QED) is 0.809. The van der Waals surface area contributed by atoms with Crippen LogP contribution in [0.1, 0.15) is 20.8 Å². The highest BCUT2D eigenvalue weighted by Crippen LogP contribution is 2.20. The number of halogens is 2. The minimum absolute atomic E-state index is 0.0561. The number of hydrogen-bond donors (Lipinski definition) is 0. The van der Waals surface area contributed by atoms with Crippen molar-refractivity contribution in [3.8, 4) is 0 Å². The zero-order valence-corrected chi connectivity index (χ0v) is 14.6. The van der Waals surface area contributed by atoms with Crippen molar-refractivity contribution in [1.82, 2.24) is 9.21 Å². The van der Waals surface area contributed by atoms with Crippen LogP contribution in [0.2, 0.25) is 0 Å². The van der Waals surface area contributed by atoms with Crippen molar-refractivity contribution in [3.05, 3.63) is 29.8 Å². The maximum atomic E-state index is 13.3. The molecule has 0 N–H and O–H groups in total. The third-order valence-corrected chi connectivity index (χ3v) is 5.31. The first-order valence-corrected chi connectivity index (χ1v) is 8.88. The first-order valence-electron chi connectivity index (χ1n) is 7.44. The third kappa shape index (κ3) is 4.21. The zero-order valence-electron chi connectivity index (χ0n) is 13.8. The maximum absolute atomic E-state index is 13.3. The molecule has 1 aromatic carbocycles. The van der Waals surface area contributed by atoms with Gasteiger partial charge in [-0.1, -0.05) is 0 Å². The van der Waals surface area contributed by atoms with E-state index in [1.54, 1.807) is 20.8 Å². The molecule has 0 bridgehead atoms. The van der Waals surface area contributed by atoms with Gasteiger partial charge in [-0.15, -0.1) is 0 Å². The topological polar surface area (TPSA) is 66.9 Å². The maximum Gasteiger partial charge on any atom is 0.410 e. The van der Waals surface area contributed by atoms with E-state index in [2.05, 4.69) is 0 Å². The number of sulfonamides is 1. The number of amides is 1. The molecule has 1 aromatic rings. The monoisotopic (exact) mass is 362 g/mol. The first-order chi connectivity index (χ1) is 11.0. The van der Waals surface area contributed by atoms with Gasteiger partial charge in [0.2, 0.25) is 10.0 Å². The molecule has 0 unspecified atom stereocenters. The Morgan fingerprint density at radius 2 is 1.67 bits per heavy atom. The number of rotatable bonds is 2. The molecule has 0 saturated carbocycles. The van der Waals surface area contributed by atoms with Gasteiger partial charge in [0.15, 0.2) is 11.6 Å². The van der Waals surface area contributed by atoms with E-state index in [0.29, 0.717) is 6.07 Å². The van der Waals surface area contributed by atoms with Gasteiger partial charge in [0.25, 0.3) is 0 Å². The van der Waals surface area contributed by atoms with Crippen molar-refractivity contribution in [2.45, 2.75) is 31.3 Å². The smallest absolute Gasteiger partial charge is 0.410 e. The Labute approximate surface area is 140 Å². The van der Waals surface area contributed by atoms with Crippen LogP contribution >= 0.6 is 0 Å². The Balaban J connectivity index is 2.05. The molecule has 0 aromatic heterocycles. The lowest BCUT2D eigenvalue weighted by molar-refractivity contribution is 0.0192. The molecule has 1 aliphatic rings. The van der Waals surface area contributed by atoms with Gasteiger partial charge in [0.05, 0.1) is 4.90 Å². The fraction of sp³-hybridized carbons (Fsp3) is 0.533. The summed E-state index contributed by atoms with van der Waals surface area (Å²) in [6, 6.07) is 2.46. The molecule has 1 aliphatic heterocycles. The van der Waals surface area contributed by atoms with Crippen LogP contribution in [0.4, 0.5) is 13.6 Å². The van der Waals surface area contributed by atoms with Crippen molar-refractivity contribution < 1.29 is 26.7 Å². The molecule has 1 saturated heterocycles. The van der Waals surface area contributed by atoms with E-state index >= 15 is 0 Å². The molecule has 0 spiro atoms. The second-order valence-electron chi connectivity index (χ2n) is 6.45. The fourth-order valence-corrected chi connectivity index (χ4v) is 3.66. The van der Waals surface area contributed by atoms with Crippen LogP contribution in [-0.2, 0) is 14.8 Å².